The van der Waals surface area contributed by atoms with Crippen molar-refractivity contribution in [3.8, 4) is 0 Å². The first kappa shape index (κ1) is 24.3. The molecule has 1 aromatic heterocycles. The van der Waals surface area contributed by atoms with Crippen LogP contribution in [0.15, 0.2) is 17.0 Å². The quantitative estimate of drug-likeness (QED) is 0.681. The van der Waals surface area contributed by atoms with E-state index in [1.54, 1.807) is 24.1 Å². The Kier molecular flexibility index (Phi) is 6.70. The summed E-state index contributed by atoms with van der Waals surface area (Å²) in [6, 6.07) is 2.82. The molecule has 0 aromatic carbocycles. The average Bonchev–Trinajstić information content (AvgIpc) is 3.42. The number of alkyl halides is 2. The van der Waals surface area contributed by atoms with Gasteiger partial charge in [0.05, 0.1) is 0 Å². The van der Waals surface area contributed by atoms with Crippen molar-refractivity contribution in [1.29, 1.82) is 4.78 Å². The van der Waals surface area contributed by atoms with Gasteiger partial charge in [0.15, 0.2) is 0 Å². The summed E-state index contributed by atoms with van der Waals surface area (Å²) < 4.78 is 51.7. The van der Waals surface area contributed by atoms with Crippen LogP contribution in [0.5, 0.6) is 0 Å². The van der Waals surface area contributed by atoms with Crippen molar-refractivity contribution in [2.45, 2.75) is 94.2 Å². The highest BCUT2D eigenvalue weighted by Gasteiger charge is 2.43. The number of aryl methyl sites for hydroxylation is 1. The van der Waals surface area contributed by atoms with Gasteiger partial charge in [-0.2, -0.15) is 0 Å². The molecule has 184 valence electrons. The van der Waals surface area contributed by atoms with E-state index in [0.29, 0.717) is 30.1 Å². The molecule has 0 bridgehead atoms. The summed E-state index contributed by atoms with van der Waals surface area (Å²) in [6.07, 6.45) is 3.30. The molecular formula is C23H35F2N5O2S. The third kappa shape index (κ3) is 4.73. The number of hydrogen-bond donors (Lipinski definition) is 1. The zero-order valence-electron chi connectivity index (χ0n) is 19.7. The molecule has 1 aliphatic carbocycles. The van der Waals surface area contributed by atoms with Gasteiger partial charge in [-0.3, -0.25) is 4.79 Å². The van der Waals surface area contributed by atoms with Gasteiger partial charge in [0.25, 0.3) is 0 Å². The molecule has 1 N–H and O–H groups in total. The van der Waals surface area contributed by atoms with Crippen LogP contribution in [0.2, 0.25) is 0 Å². The largest absolute Gasteiger partial charge is 0.353 e. The number of pyridine rings is 1. The van der Waals surface area contributed by atoms with Gasteiger partial charge < -0.3 is 9.80 Å². The molecule has 2 aliphatic heterocycles. The maximum atomic E-state index is 14.0. The van der Waals surface area contributed by atoms with E-state index in [-0.39, 0.29) is 43.7 Å². The lowest BCUT2D eigenvalue weighted by Crippen LogP contribution is -2.50. The van der Waals surface area contributed by atoms with Gasteiger partial charge in [-0.1, -0.05) is 0 Å². The summed E-state index contributed by atoms with van der Waals surface area (Å²) in [4.78, 5) is 22.1. The number of carbonyl (C=O) groups excluding carboxylic acids is 1. The Morgan fingerprint density at radius 3 is 2.48 bits per heavy atom. The average molecular weight is 484 g/mol. The SMILES string of the molecule is Cc1ccc(S(=N)(=O)N2CCC[C@H]2C(=O)N(C)C2CCC(F)(F)CC2)c(N2CCC[C@@H]2C)n1. The number of nitrogens with zero attached hydrogens (tertiary/aromatic N) is 4. The van der Waals surface area contributed by atoms with Crippen molar-refractivity contribution in [3.05, 3.63) is 17.8 Å². The number of halogens is 2. The maximum absolute atomic E-state index is 14.0. The van der Waals surface area contributed by atoms with Gasteiger partial charge in [0, 0.05) is 50.8 Å². The Hall–Kier alpha value is -1.81. The lowest BCUT2D eigenvalue weighted by atomic mass is 9.91. The minimum absolute atomic E-state index is 0.217. The first-order valence-corrected chi connectivity index (χ1v) is 13.5. The van der Waals surface area contributed by atoms with E-state index in [1.807, 2.05) is 6.92 Å². The number of aromatic nitrogens is 1. The molecule has 10 heteroatoms. The van der Waals surface area contributed by atoms with E-state index in [1.165, 1.54) is 4.31 Å². The molecule has 1 aromatic rings. The van der Waals surface area contributed by atoms with E-state index in [0.717, 1.165) is 25.1 Å². The van der Waals surface area contributed by atoms with Crippen LogP contribution in [0.3, 0.4) is 0 Å². The molecule has 2 saturated heterocycles. The van der Waals surface area contributed by atoms with E-state index >= 15 is 0 Å². The van der Waals surface area contributed by atoms with Gasteiger partial charge in [0.1, 0.15) is 26.7 Å². The molecule has 3 atom stereocenters. The Morgan fingerprint density at radius 2 is 1.85 bits per heavy atom. The molecule has 1 saturated carbocycles. The number of anilines is 1. The van der Waals surface area contributed by atoms with Crippen LogP contribution >= 0.6 is 0 Å². The fourth-order valence-corrected chi connectivity index (χ4v) is 7.30. The Morgan fingerprint density at radius 1 is 1.18 bits per heavy atom. The summed E-state index contributed by atoms with van der Waals surface area (Å²) in [6.45, 7) is 5.18. The predicted molar refractivity (Wildman–Crippen MR) is 124 cm³/mol. The Bertz CT molecular complexity index is 993. The van der Waals surface area contributed by atoms with Crippen LogP contribution in [0.4, 0.5) is 14.6 Å². The highest BCUT2D eigenvalue weighted by Crippen LogP contribution is 2.37. The second-order valence-electron chi connectivity index (χ2n) is 9.82. The zero-order valence-corrected chi connectivity index (χ0v) is 20.5. The van der Waals surface area contributed by atoms with Crippen LogP contribution in [-0.2, 0) is 14.7 Å². The minimum atomic E-state index is -3.46. The maximum Gasteiger partial charge on any atom is 0.248 e. The summed E-state index contributed by atoms with van der Waals surface area (Å²) in [5.74, 6) is -2.29. The number of nitrogens with one attached hydrogen (secondary N) is 1. The van der Waals surface area contributed by atoms with E-state index in [4.69, 9.17) is 4.78 Å². The summed E-state index contributed by atoms with van der Waals surface area (Å²) >= 11 is 0. The number of likely N-dealkylation sites (N-methyl/N-ethyl adjacent to an activating group) is 1. The normalized spacial score (nSPS) is 28.1. The lowest BCUT2D eigenvalue weighted by Gasteiger charge is -2.37. The fourth-order valence-electron chi connectivity index (χ4n) is 5.45. The summed E-state index contributed by atoms with van der Waals surface area (Å²) in [7, 11) is -1.81. The van der Waals surface area contributed by atoms with Crippen LogP contribution < -0.4 is 4.90 Å². The number of amides is 1. The van der Waals surface area contributed by atoms with Gasteiger partial charge in [-0.25, -0.2) is 27.1 Å². The first-order valence-electron chi connectivity index (χ1n) is 12.0. The van der Waals surface area contributed by atoms with Crippen molar-refractivity contribution in [3.63, 3.8) is 0 Å². The van der Waals surface area contributed by atoms with Crippen LogP contribution in [0.25, 0.3) is 0 Å². The van der Waals surface area contributed by atoms with Crippen LogP contribution in [0.1, 0.15) is 64.0 Å². The highest BCUT2D eigenvalue weighted by atomic mass is 32.2. The second kappa shape index (κ2) is 9.09. The monoisotopic (exact) mass is 483 g/mol. The molecule has 0 spiro atoms. The van der Waals surface area contributed by atoms with Gasteiger partial charge in [0.2, 0.25) is 11.8 Å². The van der Waals surface area contributed by atoms with Gasteiger partial charge >= 0.3 is 0 Å². The molecule has 4 rings (SSSR count). The smallest absolute Gasteiger partial charge is 0.248 e. The predicted octanol–water partition coefficient (Wildman–Crippen LogP) is 4.20. The fraction of sp³-hybridized carbons (Fsp3) is 0.739. The van der Waals surface area contributed by atoms with Crippen molar-refractivity contribution in [2.24, 2.45) is 0 Å². The second-order valence-corrected chi connectivity index (χ2v) is 11.8. The molecule has 1 amide bonds. The van der Waals surface area contributed by atoms with Crippen molar-refractivity contribution in [2.75, 3.05) is 25.0 Å². The van der Waals surface area contributed by atoms with Crippen molar-refractivity contribution < 1.29 is 17.8 Å². The van der Waals surface area contributed by atoms with Gasteiger partial charge in [-0.05, 0) is 64.5 Å². The third-order valence-electron chi connectivity index (χ3n) is 7.50. The molecule has 3 aliphatic rings. The Balaban J connectivity index is 1.59. The topological polar surface area (TPSA) is 80.6 Å². The summed E-state index contributed by atoms with van der Waals surface area (Å²) in [5.41, 5.74) is 0.797. The van der Waals surface area contributed by atoms with E-state index in [2.05, 4.69) is 16.8 Å². The van der Waals surface area contributed by atoms with E-state index in [9.17, 15) is 17.8 Å². The molecule has 3 fully saturated rings. The minimum Gasteiger partial charge on any atom is -0.353 e. The number of rotatable bonds is 5. The Labute approximate surface area is 195 Å². The number of carbonyl (C=O) groups is 1. The molecule has 33 heavy (non-hydrogen) atoms. The lowest BCUT2D eigenvalue weighted by molar-refractivity contribution is -0.138. The van der Waals surface area contributed by atoms with Crippen LogP contribution in [0, 0.1) is 11.7 Å². The third-order valence-corrected chi connectivity index (χ3v) is 9.52. The van der Waals surface area contributed by atoms with Crippen molar-refractivity contribution in [1.82, 2.24) is 14.2 Å². The molecule has 3 heterocycles. The molecule has 7 nitrogen and oxygen atoms in total. The summed E-state index contributed by atoms with van der Waals surface area (Å²) in [5, 5.41) is 0. The zero-order chi connectivity index (χ0) is 24.0. The molecule has 0 radical (unpaired) electrons. The van der Waals surface area contributed by atoms with E-state index < -0.39 is 21.9 Å². The first-order chi connectivity index (χ1) is 15.5. The number of hydrogen-bond acceptors (Lipinski definition) is 5. The highest BCUT2D eigenvalue weighted by molar-refractivity contribution is 7.90. The molecular weight excluding hydrogens is 448 g/mol. The van der Waals surface area contributed by atoms with Crippen molar-refractivity contribution >= 4 is 21.6 Å². The van der Waals surface area contributed by atoms with Gasteiger partial charge in [-0.15, -0.1) is 0 Å². The van der Waals surface area contributed by atoms with Crippen LogP contribution in [-0.4, -0.2) is 68.5 Å². The standard InChI is InChI=1S/C23H35F2N5O2S/c1-16-8-9-20(21(27-16)29-14-4-6-17(29)2)33(26,32)30-15-5-7-19(30)22(31)28(3)18-10-12-23(24,25)13-11-18/h8-9,17-19,26H,4-7,10-15H2,1-3H3/t17-,19-,33?/m0/s1. The molecule has 1 unspecified atom stereocenters.